The SMILES string of the molecule is CCNC(C)(C#N)CCCCN1CCC(C)(C)C1. The van der Waals surface area contributed by atoms with Crippen LogP contribution in [-0.2, 0) is 0 Å². The molecule has 1 rings (SSSR count). The van der Waals surface area contributed by atoms with Crippen LogP contribution in [0.5, 0.6) is 0 Å². The van der Waals surface area contributed by atoms with E-state index in [-0.39, 0.29) is 5.54 Å². The second-order valence-electron chi connectivity index (χ2n) is 6.62. The lowest BCUT2D eigenvalue weighted by Gasteiger charge is -2.23. The number of rotatable bonds is 7. The highest BCUT2D eigenvalue weighted by Gasteiger charge is 2.28. The zero-order chi connectivity index (χ0) is 13.6. The third kappa shape index (κ3) is 4.96. The van der Waals surface area contributed by atoms with Crippen molar-refractivity contribution in [2.24, 2.45) is 5.41 Å². The highest BCUT2D eigenvalue weighted by atomic mass is 15.1. The number of nitrogens with one attached hydrogen (secondary N) is 1. The monoisotopic (exact) mass is 251 g/mol. The summed E-state index contributed by atoms with van der Waals surface area (Å²) < 4.78 is 0. The van der Waals surface area contributed by atoms with Gasteiger partial charge in [-0.1, -0.05) is 20.8 Å². The highest BCUT2D eigenvalue weighted by molar-refractivity contribution is 5.03. The summed E-state index contributed by atoms with van der Waals surface area (Å²) in [6.45, 7) is 13.3. The van der Waals surface area contributed by atoms with Crippen molar-refractivity contribution >= 4 is 0 Å². The Morgan fingerprint density at radius 1 is 1.39 bits per heavy atom. The first-order valence-electron chi connectivity index (χ1n) is 7.29. The third-order valence-electron chi connectivity index (χ3n) is 3.97. The first-order chi connectivity index (χ1) is 8.41. The molecular formula is C15H29N3. The fourth-order valence-electron chi connectivity index (χ4n) is 2.80. The summed E-state index contributed by atoms with van der Waals surface area (Å²) in [5.74, 6) is 0. The van der Waals surface area contributed by atoms with E-state index in [1.807, 2.05) is 6.92 Å². The van der Waals surface area contributed by atoms with Crippen LogP contribution in [0.3, 0.4) is 0 Å². The summed E-state index contributed by atoms with van der Waals surface area (Å²) in [6.07, 6.45) is 4.61. The number of likely N-dealkylation sites (tertiary alicyclic amines) is 1. The average Bonchev–Trinajstić information content (AvgIpc) is 2.65. The molecule has 1 unspecified atom stereocenters. The van der Waals surface area contributed by atoms with E-state index in [4.69, 9.17) is 0 Å². The molecule has 1 atom stereocenters. The van der Waals surface area contributed by atoms with Crippen LogP contribution in [0.4, 0.5) is 0 Å². The maximum absolute atomic E-state index is 9.17. The van der Waals surface area contributed by atoms with Crippen LogP contribution in [0, 0.1) is 16.7 Å². The Kier molecular flexibility index (Phi) is 5.62. The van der Waals surface area contributed by atoms with Crippen LogP contribution in [-0.4, -0.2) is 36.6 Å². The molecule has 0 aliphatic carbocycles. The minimum Gasteiger partial charge on any atom is -0.303 e. The summed E-state index contributed by atoms with van der Waals surface area (Å²) in [4.78, 5) is 2.57. The molecule has 1 fully saturated rings. The molecule has 0 spiro atoms. The van der Waals surface area contributed by atoms with Crippen LogP contribution in [0.25, 0.3) is 0 Å². The molecule has 104 valence electrons. The van der Waals surface area contributed by atoms with Gasteiger partial charge in [0.15, 0.2) is 0 Å². The Morgan fingerprint density at radius 3 is 2.61 bits per heavy atom. The molecule has 1 N–H and O–H groups in total. The molecule has 3 heteroatoms. The molecule has 1 saturated heterocycles. The Balaban J connectivity index is 2.17. The zero-order valence-electron chi connectivity index (χ0n) is 12.6. The summed E-state index contributed by atoms with van der Waals surface area (Å²) in [5, 5.41) is 12.4. The minimum atomic E-state index is -0.334. The Morgan fingerprint density at radius 2 is 2.11 bits per heavy atom. The Bertz CT molecular complexity index is 293. The van der Waals surface area contributed by atoms with Gasteiger partial charge in [0, 0.05) is 6.54 Å². The van der Waals surface area contributed by atoms with Gasteiger partial charge in [0.2, 0.25) is 0 Å². The van der Waals surface area contributed by atoms with Gasteiger partial charge >= 0.3 is 0 Å². The van der Waals surface area contributed by atoms with Gasteiger partial charge in [0.1, 0.15) is 5.54 Å². The van der Waals surface area contributed by atoms with E-state index in [2.05, 4.69) is 37.1 Å². The van der Waals surface area contributed by atoms with Crippen LogP contribution >= 0.6 is 0 Å². The van der Waals surface area contributed by atoms with E-state index < -0.39 is 0 Å². The quantitative estimate of drug-likeness (QED) is 0.707. The first-order valence-corrected chi connectivity index (χ1v) is 7.29. The number of nitriles is 1. The van der Waals surface area contributed by atoms with Gasteiger partial charge in [0.25, 0.3) is 0 Å². The molecular weight excluding hydrogens is 222 g/mol. The molecule has 0 aromatic heterocycles. The van der Waals surface area contributed by atoms with Crippen molar-refractivity contribution < 1.29 is 0 Å². The normalized spacial score (nSPS) is 22.6. The van der Waals surface area contributed by atoms with Crippen molar-refractivity contribution in [3.63, 3.8) is 0 Å². The molecule has 1 aliphatic heterocycles. The maximum Gasteiger partial charge on any atom is 0.103 e. The molecule has 0 amide bonds. The fraction of sp³-hybridized carbons (Fsp3) is 0.933. The molecule has 0 saturated carbocycles. The van der Waals surface area contributed by atoms with Crippen molar-refractivity contribution in [2.75, 3.05) is 26.2 Å². The van der Waals surface area contributed by atoms with E-state index in [9.17, 15) is 5.26 Å². The summed E-state index contributed by atoms with van der Waals surface area (Å²) in [5.41, 5.74) is 0.171. The maximum atomic E-state index is 9.17. The van der Waals surface area contributed by atoms with Crippen molar-refractivity contribution in [3.05, 3.63) is 0 Å². The van der Waals surface area contributed by atoms with E-state index in [0.717, 1.165) is 19.4 Å². The van der Waals surface area contributed by atoms with E-state index in [0.29, 0.717) is 5.41 Å². The lowest BCUT2D eigenvalue weighted by Crippen LogP contribution is -2.40. The number of nitrogens with zero attached hydrogens (tertiary/aromatic N) is 2. The van der Waals surface area contributed by atoms with Gasteiger partial charge < -0.3 is 4.90 Å². The minimum absolute atomic E-state index is 0.334. The first kappa shape index (κ1) is 15.5. The van der Waals surface area contributed by atoms with Gasteiger partial charge in [-0.2, -0.15) is 5.26 Å². The van der Waals surface area contributed by atoms with Crippen LogP contribution in [0.1, 0.15) is 53.4 Å². The summed E-state index contributed by atoms with van der Waals surface area (Å²) >= 11 is 0. The van der Waals surface area contributed by atoms with Crippen LogP contribution < -0.4 is 5.32 Å². The van der Waals surface area contributed by atoms with Gasteiger partial charge in [-0.15, -0.1) is 0 Å². The van der Waals surface area contributed by atoms with Crippen molar-refractivity contribution in [1.29, 1.82) is 5.26 Å². The van der Waals surface area contributed by atoms with Gasteiger partial charge in [-0.05, 0) is 57.7 Å². The van der Waals surface area contributed by atoms with Crippen molar-refractivity contribution in [1.82, 2.24) is 10.2 Å². The molecule has 1 heterocycles. The number of hydrogen-bond acceptors (Lipinski definition) is 3. The lowest BCUT2D eigenvalue weighted by atomic mass is 9.93. The predicted molar refractivity (Wildman–Crippen MR) is 76.4 cm³/mol. The largest absolute Gasteiger partial charge is 0.303 e. The third-order valence-corrected chi connectivity index (χ3v) is 3.97. The van der Waals surface area contributed by atoms with Crippen LogP contribution in [0.2, 0.25) is 0 Å². The molecule has 0 bridgehead atoms. The second kappa shape index (κ2) is 6.54. The van der Waals surface area contributed by atoms with Gasteiger partial charge in [0.05, 0.1) is 6.07 Å². The zero-order valence-corrected chi connectivity index (χ0v) is 12.6. The standard InChI is InChI=1S/C15H29N3/c1-5-17-15(4,12-16)8-6-7-10-18-11-9-14(2,3)13-18/h17H,5-11,13H2,1-4H3. The molecule has 1 aliphatic rings. The Labute approximate surface area is 113 Å². The lowest BCUT2D eigenvalue weighted by molar-refractivity contribution is 0.280. The number of unbranched alkanes of at least 4 members (excludes halogenated alkanes) is 1. The Hall–Kier alpha value is -0.590. The predicted octanol–water partition coefficient (Wildman–Crippen LogP) is 2.78. The van der Waals surface area contributed by atoms with E-state index >= 15 is 0 Å². The molecule has 0 radical (unpaired) electrons. The molecule has 0 aromatic carbocycles. The summed E-state index contributed by atoms with van der Waals surface area (Å²) in [6, 6.07) is 2.40. The smallest absolute Gasteiger partial charge is 0.103 e. The highest BCUT2D eigenvalue weighted by Crippen LogP contribution is 2.28. The number of hydrogen-bond donors (Lipinski definition) is 1. The van der Waals surface area contributed by atoms with Crippen molar-refractivity contribution in [2.45, 2.75) is 58.9 Å². The molecule has 18 heavy (non-hydrogen) atoms. The van der Waals surface area contributed by atoms with Crippen LogP contribution in [0.15, 0.2) is 0 Å². The molecule has 3 nitrogen and oxygen atoms in total. The van der Waals surface area contributed by atoms with E-state index in [1.165, 1.54) is 32.5 Å². The van der Waals surface area contributed by atoms with Gasteiger partial charge in [-0.25, -0.2) is 0 Å². The average molecular weight is 251 g/mol. The molecule has 0 aromatic rings. The summed E-state index contributed by atoms with van der Waals surface area (Å²) in [7, 11) is 0. The van der Waals surface area contributed by atoms with E-state index in [1.54, 1.807) is 0 Å². The fourth-order valence-corrected chi connectivity index (χ4v) is 2.80. The topological polar surface area (TPSA) is 39.1 Å². The second-order valence-corrected chi connectivity index (χ2v) is 6.62. The van der Waals surface area contributed by atoms with Gasteiger partial charge in [-0.3, -0.25) is 5.32 Å². The van der Waals surface area contributed by atoms with Crippen molar-refractivity contribution in [3.8, 4) is 6.07 Å².